The largest absolute Gasteiger partial charge is 0.495 e. The van der Waals surface area contributed by atoms with E-state index in [1.165, 1.54) is 7.11 Å². The zero-order valence-corrected chi connectivity index (χ0v) is 12.5. The second-order valence-corrected chi connectivity index (χ2v) is 4.83. The number of hydrogen-bond acceptors (Lipinski definition) is 3. The van der Waals surface area contributed by atoms with Crippen LogP contribution in [0.15, 0.2) is 42.6 Å². The summed E-state index contributed by atoms with van der Waals surface area (Å²) in [6.45, 7) is 1.87. The molecule has 1 aromatic carbocycles. The van der Waals surface area contributed by atoms with Crippen molar-refractivity contribution in [3.05, 3.63) is 53.3 Å². The number of methoxy groups -OCH3 is 1. The molecule has 1 heterocycles. The fourth-order valence-corrected chi connectivity index (χ4v) is 2.00. The maximum atomic E-state index is 12.0. The molecular weight excluding hydrogens is 290 g/mol. The molecule has 2 amide bonds. The molecule has 5 nitrogen and oxygen atoms in total. The van der Waals surface area contributed by atoms with E-state index < -0.39 is 0 Å². The van der Waals surface area contributed by atoms with Crippen LogP contribution in [0.5, 0.6) is 5.75 Å². The standard InChI is InChI=1S/C15H16ClN3O2/c1-10(13-5-3-4-8-17-13)18-15(20)19-11-6-7-12(16)14(9-11)21-2/h3-10H,1-2H3,(H2,18,19,20)/t10-/m0/s1. The molecule has 0 saturated heterocycles. The number of hydrogen-bond donors (Lipinski definition) is 2. The number of carbonyl (C=O) groups excluding carboxylic acids is 1. The summed E-state index contributed by atoms with van der Waals surface area (Å²) in [7, 11) is 1.52. The Morgan fingerprint density at radius 3 is 2.81 bits per heavy atom. The smallest absolute Gasteiger partial charge is 0.319 e. The zero-order valence-electron chi connectivity index (χ0n) is 11.8. The van der Waals surface area contributed by atoms with Gasteiger partial charge in [-0.05, 0) is 31.2 Å². The second kappa shape index (κ2) is 6.95. The van der Waals surface area contributed by atoms with Crippen molar-refractivity contribution in [1.29, 1.82) is 0 Å². The Hall–Kier alpha value is -2.27. The predicted octanol–water partition coefficient (Wildman–Crippen LogP) is 3.63. The maximum Gasteiger partial charge on any atom is 0.319 e. The van der Waals surface area contributed by atoms with Gasteiger partial charge in [-0.2, -0.15) is 0 Å². The lowest BCUT2D eigenvalue weighted by atomic mass is 10.2. The number of benzene rings is 1. The molecule has 21 heavy (non-hydrogen) atoms. The number of amides is 2. The van der Waals surface area contributed by atoms with Gasteiger partial charge in [0.05, 0.1) is 23.9 Å². The van der Waals surface area contributed by atoms with Crippen molar-refractivity contribution in [3.8, 4) is 5.75 Å². The molecule has 0 bridgehead atoms. The number of urea groups is 1. The molecule has 0 spiro atoms. The summed E-state index contributed by atoms with van der Waals surface area (Å²) in [5, 5.41) is 6.03. The first-order valence-corrected chi connectivity index (χ1v) is 6.80. The summed E-state index contributed by atoms with van der Waals surface area (Å²) in [6, 6.07) is 10.1. The van der Waals surface area contributed by atoms with Gasteiger partial charge >= 0.3 is 6.03 Å². The van der Waals surface area contributed by atoms with Gasteiger partial charge in [0.15, 0.2) is 0 Å². The molecule has 0 fully saturated rings. The Labute approximate surface area is 128 Å². The van der Waals surface area contributed by atoms with E-state index in [0.717, 1.165) is 5.69 Å². The highest BCUT2D eigenvalue weighted by atomic mass is 35.5. The summed E-state index contributed by atoms with van der Waals surface area (Å²) in [4.78, 5) is 16.2. The van der Waals surface area contributed by atoms with Crippen molar-refractivity contribution in [3.63, 3.8) is 0 Å². The number of pyridine rings is 1. The SMILES string of the molecule is COc1cc(NC(=O)N[C@@H](C)c2ccccn2)ccc1Cl. The molecule has 2 N–H and O–H groups in total. The van der Waals surface area contributed by atoms with Crippen LogP contribution < -0.4 is 15.4 Å². The zero-order chi connectivity index (χ0) is 15.2. The molecule has 1 atom stereocenters. The van der Waals surface area contributed by atoms with Gasteiger partial charge in [-0.3, -0.25) is 4.98 Å². The van der Waals surface area contributed by atoms with E-state index in [9.17, 15) is 4.79 Å². The number of rotatable bonds is 4. The van der Waals surface area contributed by atoms with Crippen LogP contribution in [0.4, 0.5) is 10.5 Å². The molecular formula is C15H16ClN3O2. The van der Waals surface area contributed by atoms with E-state index in [1.807, 2.05) is 25.1 Å². The topological polar surface area (TPSA) is 63.2 Å². The molecule has 0 saturated carbocycles. The van der Waals surface area contributed by atoms with Gasteiger partial charge < -0.3 is 15.4 Å². The number of nitrogens with zero attached hydrogens (tertiary/aromatic N) is 1. The highest BCUT2D eigenvalue weighted by Crippen LogP contribution is 2.27. The van der Waals surface area contributed by atoms with E-state index >= 15 is 0 Å². The van der Waals surface area contributed by atoms with Gasteiger partial charge in [0, 0.05) is 18.0 Å². The first-order chi connectivity index (χ1) is 10.1. The minimum Gasteiger partial charge on any atom is -0.495 e. The van der Waals surface area contributed by atoms with Crippen LogP contribution in [-0.2, 0) is 0 Å². The first-order valence-electron chi connectivity index (χ1n) is 6.42. The highest BCUT2D eigenvalue weighted by Gasteiger charge is 2.11. The Morgan fingerprint density at radius 1 is 1.33 bits per heavy atom. The summed E-state index contributed by atoms with van der Waals surface area (Å²) in [6.07, 6.45) is 1.69. The second-order valence-electron chi connectivity index (χ2n) is 4.42. The fourth-order valence-electron chi connectivity index (χ4n) is 1.81. The van der Waals surface area contributed by atoms with Crippen molar-refractivity contribution in [2.45, 2.75) is 13.0 Å². The van der Waals surface area contributed by atoms with E-state index in [4.69, 9.17) is 16.3 Å². The molecule has 6 heteroatoms. The average Bonchev–Trinajstić information content (AvgIpc) is 2.50. The van der Waals surface area contributed by atoms with Gasteiger partial charge in [-0.15, -0.1) is 0 Å². The maximum absolute atomic E-state index is 12.0. The van der Waals surface area contributed by atoms with Gasteiger partial charge in [-0.25, -0.2) is 4.79 Å². The normalized spacial score (nSPS) is 11.6. The van der Waals surface area contributed by atoms with Crippen molar-refractivity contribution in [1.82, 2.24) is 10.3 Å². The van der Waals surface area contributed by atoms with Gasteiger partial charge in [0.1, 0.15) is 5.75 Å². The lowest BCUT2D eigenvalue weighted by Crippen LogP contribution is -2.31. The average molecular weight is 306 g/mol. The van der Waals surface area contributed by atoms with Gasteiger partial charge in [0.2, 0.25) is 0 Å². The molecule has 0 unspecified atom stereocenters. The third-order valence-electron chi connectivity index (χ3n) is 2.89. The Morgan fingerprint density at radius 2 is 2.14 bits per heavy atom. The number of halogens is 1. The van der Waals surface area contributed by atoms with Crippen molar-refractivity contribution >= 4 is 23.3 Å². The minimum atomic E-state index is -0.322. The summed E-state index contributed by atoms with van der Waals surface area (Å²) >= 11 is 5.94. The lowest BCUT2D eigenvalue weighted by molar-refractivity contribution is 0.249. The van der Waals surface area contributed by atoms with E-state index in [0.29, 0.717) is 16.5 Å². The number of carbonyl (C=O) groups is 1. The van der Waals surface area contributed by atoms with Crippen LogP contribution >= 0.6 is 11.6 Å². The van der Waals surface area contributed by atoms with Crippen molar-refractivity contribution in [2.75, 3.05) is 12.4 Å². The molecule has 0 aliphatic carbocycles. The monoisotopic (exact) mass is 305 g/mol. The van der Waals surface area contributed by atoms with Crippen LogP contribution in [-0.4, -0.2) is 18.1 Å². The molecule has 2 aromatic rings. The Kier molecular flexibility index (Phi) is 5.00. The fraction of sp³-hybridized carbons (Fsp3) is 0.200. The van der Waals surface area contributed by atoms with Crippen LogP contribution in [0, 0.1) is 0 Å². The number of anilines is 1. The summed E-state index contributed by atoms with van der Waals surface area (Å²) in [5.41, 5.74) is 1.39. The van der Waals surface area contributed by atoms with Gasteiger partial charge in [0.25, 0.3) is 0 Å². The number of ether oxygens (including phenoxy) is 1. The Bertz CT molecular complexity index is 620. The van der Waals surface area contributed by atoms with E-state index in [1.54, 1.807) is 24.4 Å². The third kappa shape index (κ3) is 4.10. The predicted molar refractivity (Wildman–Crippen MR) is 82.8 cm³/mol. The van der Waals surface area contributed by atoms with E-state index in [2.05, 4.69) is 15.6 Å². The van der Waals surface area contributed by atoms with Crippen LogP contribution in [0.25, 0.3) is 0 Å². The Balaban J connectivity index is 1.99. The van der Waals surface area contributed by atoms with Crippen LogP contribution in [0.1, 0.15) is 18.7 Å². The lowest BCUT2D eigenvalue weighted by Gasteiger charge is -2.14. The molecule has 2 rings (SSSR count). The molecule has 0 aliphatic rings. The first kappa shape index (κ1) is 15.1. The van der Waals surface area contributed by atoms with Crippen LogP contribution in [0.2, 0.25) is 5.02 Å². The number of nitrogens with one attached hydrogen (secondary N) is 2. The number of aromatic nitrogens is 1. The van der Waals surface area contributed by atoms with Gasteiger partial charge in [-0.1, -0.05) is 17.7 Å². The minimum absolute atomic E-state index is 0.194. The summed E-state index contributed by atoms with van der Waals surface area (Å²) in [5.74, 6) is 0.507. The molecule has 0 aliphatic heterocycles. The molecule has 0 radical (unpaired) electrons. The highest BCUT2D eigenvalue weighted by molar-refractivity contribution is 6.32. The van der Waals surface area contributed by atoms with Crippen LogP contribution in [0.3, 0.4) is 0 Å². The quantitative estimate of drug-likeness (QED) is 0.906. The summed E-state index contributed by atoms with van der Waals surface area (Å²) < 4.78 is 5.10. The van der Waals surface area contributed by atoms with Crippen molar-refractivity contribution < 1.29 is 9.53 Å². The molecule has 110 valence electrons. The molecule has 1 aromatic heterocycles. The van der Waals surface area contributed by atoms with Crippen molar-refractivity contribution in [2.24, 2.45) is 0 Å². The third-order valence-corrected chi connectivity index (χ3v) is 3.20. The van der Waals surface area contributed by atoms with E-state index in [-0.39, 0.29) is 12.1 Å².